The zero-order valence-electron chi connectivity index (χ0n) is 11.0. The van der Waals surface area contributed by atoms with Gasteiger partial charge in [0.15, 0.2) is 0 Å². The van der Waals surface area contributed by atoms with E-state index in [2.05, 4.69) is 5.10 Å². The summed E-state index contributed by atoms with van der Waals surface area (Å²) in [5, 5.41) is 15.1. The van der Waals surface area contributed by atoms with Gasteiger partial charge in [-0.3, -0.25) is 4.68 Å². The zero-order chi connectivity index (χ0) is 13.8. The Kier molecular flexibility index (Phi) is 4.45. The summed E-state index contributed by atoms with van der Waals surface area (Å²) in [5.74, 6) is 0.640. The van der Waals surface area contributed by atoms with Crippen LogP contribution in [0, 0.1) is 0 Å². The highest BCUT2D eigenvalue weighted by molar-refractivity contribution is 6.30. The van der Waals surface area contributed by atoms with Crippen molar-refractivity contribution in [2.45, 2.75) is 32.6 Å². The molecule has 2 unspecified atom stereocenters. The van der Waals surface area contributed by atoms with Gasteiger partial charge in [-0.2, -0.15) is 5.10 Å². The Labute approximate surface area is 117 Å². The van der Waals surface area contributed by atoms with E-state index in [4.69, 9.17) is 16.3 Å². The number of ether oxygens (including phenoxy) is 1. The van der Waals surface area contributed by atoms with E-state index in [-0.39, 0.29) is 6.10 Å². The molecule has 0 radical (unpaired) electrons. The lowest BCUT2D eigenvalue weighted by Gasteiger charge is -2.21. The first-order valence-electron chi connectivity index (χ1n) is 6.23. The molecule has 0 aliphatic heterocycles. The second kappa shape index (κ2) is 6.08. The summed E-state index contributed by atoms with van der Waals surface area (Å²) >= 11 is 5.90. The van der Waals surface area contributed by atoms with E-state index >= 15 is 0 Å². The number of benzene rings is 1. The first-order chi connectivity index (χ1) is 9.11. The highest BCUT2D eigenvalue weighted by Gasteiger charge is 2.21. The molecule has 2 atom stereocenters. The van der Waals surface area contributed by atoms with Crippen LogP contribution in [0.3, 0.4) is 0 Å². The summed E-state index contributed by atoms with van der Waals surface area (Å²) in [6, 6.07) is 8.93. The number of aliphatic hydroxyl groups excluding tert-OH is 1. The van der Waals surface area contributed by atoms with Crippen molar-refractivity contribution in [3.05, 3.63) is 47.2 Å². The number of nitrogens with zero attached hydrogens (tertiary/aromatic N) is 2. The number of hydrogen-bond donors (Lipinski definition) is 1. The molecular formula is C14H17ClN2O2. The van der Waals surface area contributed by atoms with Gasteiger partial charge < -0.3 is 9.84 Å². The lowest BCUT2D eigenvalue weighted by molar-refractivity contribution is 0.0407. The highest BCUT2D eigenvalue weighted by Crippen LogP contribution is 2.23. The molecule has 0 saturated carbocycles. The number of hydrogen-bond acceptors (Lipinski definition) is 3. The maximum Gasteiger partial charge on any atom is 0.132 e. The van der Waals surface area contributed by atoms with Crippen LogP contribution < -0.4 is 4.74 Å². The van der Waals surface area contributed by atoms with Crippen LogP contribution in [0.2, 0.25) is 5.02 Å². The van der Waals surface area contributed by atoms with Gasteiger partial charge in [0.05, 0.1) is 5.69 Å². The molecule has 2 rings (SSSR count). The third-order valence-electron chi connectivity index (χ3n) is 2.91. The number of aryl methyl sites for hydroxylation is 1. The number of aromatic nitrogens is 2. The van der Waals surface area contributed by atoms with Crippen LogP contribution in [0.25, 0.3) is 0 Å². The summed E-state index contributed by atoms with van der Waals surface area (Å²) in [6.45, 7) is 4.51. The molecule has 0 fully saturated rings. The molecule has 102 valence electrons. The average molecular weight is 281 g/mol. The molecule has 1 N–H and O–H groups in total. The maximum atomic E-state index is 10.3. The van der Waals surface area contributed by atoms with Crippen molar-refractivity contribution >= 4 is 11.6 Å². The molecule has 1 aromatic heterocycles. The normalized spacial score (nSPS) is 14.1. The van der Waals surface area contributed by atoms with Crippen molar-refractivity contribution in [1.82, 2.24) is 9.78 Å². The first-order valence-corrected chi connectivity index (χ1v) is 6.61. The number of aliphatic hydroxyl groups is 1. The molecule has 4 nitrogen and oxygen atoms in total. The van der Waals surface area contributed by atoms with Gasteiger partial charge in [0.1, 0.15) is 18.0 Å². The highest BCUT2D eigenvalue weighted by atomic mass is 35.5. The fourth-order valence-electron chi connectivity index (χ4n) is 1.92. The summed E-state index contributed by atoms with van der Waals surface area (Å²) in [7, 11) is 0. The Bertz CT molecular complexity index is 542. The molecule has 0 aliphatic carbocycles. The van der Waals surface area contributed by atoms with Crippen molar-refractivity contribution < 1.29 is 9.84 Å². The van der Waals surface area contributed by atoms with Crippen LogP contribution in [-0.2, 0) is 6.54 Å². The topological polar surface area (TPSA) is 47.3 Å². The van der Waals surface area contributed by atoms with E-state index in [0.717, 1.165) is 5.69 Å². The van der Waals surface area contributed by atoms with Crippen LogP contribution in [0.1, 0.15) is 25.6 Å². The molecule has 5 heteroatoms. The lowest BCUT2D eigenvalue weighted by atomic mass is 10.1. The van der Waals surface area contributed by atoms with Gasteiger partial charge in [-0.25, -0.2) is 0 Å². The Morgan fingerprint density at radius 2 is 2.21 bits per heavy atom. The minimum absolute atomic E-state index is 0.388. The SMILES string of the molecule is CCn1nccc1C(O)C(C)Oc1cccc(Cl)c1. The molecule has 2 aromatic rings. The van der Waals surface area contributed by atoms with Gasteiger partial charge in [0, 0.05) is 17.8 Å². The van der Waals surface area contributed by atoms with E-state index in [0.29, 0.717) is 17.3 Å². The Hall–Kier alpha value is -1.52. The maximum absolute atomic E-state index is 10.3. The molecule has 0 aliphatic rings. The van der Waals surface area contributed by atoms with Gasteiger partial charge in [-0.05, 0) is 38.1 Å². The van der Waals surface area contributed by atoms with Crippen molar-refractivity contribution in [3.63, 3.8) is 0 Å². The van der Waals surface area contributed by atoms with E-state index in [9.17, 15) is 5.11 Å². The summed E-state index contributed by atoms with van der Waals surface area (Å²) in [6.07, 6.45) is 0.552. The summed E-state index contributed by atoms with van der Waals surface area (Å²) in [5.41, 5.74) is 0.747. The fraction of sp³-hybridized carbons (Fsp3) is 0.357. The second-order valence-electron chi connectivity index (χ2n) is 4.30. The van der Waals surface area contributed by atoms with Gasteiger partial charge in [-0.1, -0.05) is 17.7 Å². The molecule has 19 heavy (non-hydrogen) atoms. The largest absolute Gasteiger partial charge is 0.488 e. The van der Waals surface area contributed by atoms with Gasteiger partial charge in [-0.15, -0.1) is 0 Å². The van der Waals surface area contributed by atoms with Gasteiger partial charge in [0.25, 0.3) is 0 Å². The van der Waals surface area contributed by atoms with Crippen molar-refractivity contribution in [2.75, 3.05) is 0 Å². The minimum Gasteiger partial charge on any atom is -0.488 e. The van der Waals surface area contributed by atoms with E-state index in [1.807, 2.05) is 26.0 Å². The standard InChI is InChI=1S/C14H17ClN2O2/c1-3-17-13(7-8-16-17)14(18)10(2)19-12-6-4-5-11(15)9-12/h4-10,14,18H,3H2,1-2H3. The zero-order valence-corrected chi connectivity index (χ0v) is 11.7. The van der Waals surface area contributed by atoms with Crippen LogP contribution in [0.15, 0.2) is 36.5 Å². The predicted octanol–water partition coefficient (Wildman–Crippen LogP) is 3.06. The van der Waals surface area contributed by atoms with Crippen molar-refractivity contribution in [2.24, 2.45) is 0 Å². The van der Waals surface area contributed by atoms with E-state index < -0.39 is 6.10 Å². The van der Waals surface area contributed by atoms with Gasteiger partial charge >= 0.3 is 0 Å². The van der Waals surface area contributed by atoms with E-state index in [1.54, 1.807) is 29.1 Å². The van der Waals surface area contributed by atoms with Crippen LogP contribution >= 0.6 is 11.6 Å². The lowest BCUT2D eigenvalue weighted by Crippen LogP contribution is -2.24. The third-order valence-corrected chi connectivity index (χ3v) is 3.15. The van der Waals surface area contributed by atoms with Gasteiger partial charge in [0.2, 0.25) is 0 Å². The monoisotopic (exact) mass is 280 g/mol. The second-order valence-corrected chi connectivity index (χ2v) is 4.73. The smallest absolute Gasteiger partial charge is 0.132 e. The number of halogens is 1. The van der Waals surface area contributed by atoms with Crippen LogP contribution in [-0.4, -0.2) is 21.0 Å². The van der Waals surface area contributed by atoms with E-state index in [1.165, 1.54) is 0 Å². The summed E-state index contributed by atoms with van der Waals surface area (Å²) in [4.78, 5) is 0. The number of rotatable bonds is 5. The molecule has 0 spiro atoms. The van der Waals surface area contributed by atoms with Crippen LogP contribution in [0.5, 0.6) is 5.75 Å². The van der Waals surface area contributed by atoms with Crippen LogP contribution in [0.4, 0.5) is 0 Å². The van der Waals surface area contributed by atoms with Crippen molar-refractivity contribution in [1.29, 1.82) is 0 Å². The fourth-order valence-corrected chi connectivity index (χ4v) is 2.10. The first kappa shape index (κ1) is 13.9. The molecule has 0 bridgehead atoms. The quantitative estimate of drug-likeness (QED) is 0.916. The molecule has 0 saturated heterocycles. The molecule has 1 heterocycles. The Morgan fingerprint density at radius 1 is 1.42 bits per heavy atom. The Morgan fingerprint density at radius 3 is 2.89 bits per heavy atom. The minimum atomic E-state index is -0.735. The third kappa shape index (κ3) is 3.28. The molecule has 1 aromatic carbocycles. The average Bonchev–Trinajstić information content (AvgIpc) is 2.86. The Balaban J connectivity index is 2.09. The summed E-state index contributed by atoms with van der Waals surface area (Å²) < 4.78 is 7.46. The molecule has 0 amide bonds. The van der Waals surface area contributed by atoms with Crippen molar-refractivity contribution in [3.8, 4) is 5.75 Å². The predicted molar refractivity (Wildman–Crippen MR) is 74.4 cm³/mol. The molecular weight excluding hydrogens is 264 g/mol.